The highest BCUT2D eigenvalue weighted by Crippen LogP contribution is 2.27. The Kier molecular flexibility index (Phi) is 43.1. The third kappa shape index (κ3) is 33.4. The average Bonchev–Trinajstić information content (AvgIpc) is 3.39. The van der Waals surface area contributed by atoms with Gasteiger partial charge in [-0.1, -0.05) is 218 Å². The zero-order valence-corrected chi connectivity index (χ0v) is 46.1. The van der Waals surface area contributed by atoms with Crippen molar-refractivity contribution >= 4 is 5.97 Å². The van der Waals surface area contributed by atoms with Crippen molar-refractivity contribution in [1.29, 1.82) is 0 Å². The van der Waals surface area contributed by atoms with Crippen LogP contribution in [0.1, 0.15) is 245 Å². The van der Waals surface area contributed by atoms with Gasteiger partial charge in [0.25, 0.3) is 0 Å². The predicted octanol–water partition coefficient (Wildman–Crippen LogP) is 10.8. The van der Waals surface area contributed by atoms with Crippen LogP contribution in [0.4, 0.5) is 0 Å². The van der Waals surface area contributed by atoms with E-state index in [2.05, 4.69) is 38.2 Å². The van der Waals surface area contributed by atoms with Gasteiger partial charge in [-0.2, -0.15) is 0 Å². The molecule has 0 saturated carbocycles. The molecule has 0 aromatic rings. The van der Waals surface area contributed by atoms with E-state index >= 15 is 0 Å². The Morgan fingerprint density at radius 3 is 1.32 bits per heavy atom. The highest BCUT2D eigenvalue weighted by atomic mass is 16.7. The summed E-state index contributed by atoms with van der Waals surface area (Å²) in [6, 6.07) is 0. The topological polar surface area (TPSA) is 214 Å². The number of allylic oxidation sites excluding steroid dienone is 4. The smallest absolute Gasteiger partial charge is 0.306 e. The summed E-state index contributed by atoms with van der Waals surface area (Å²) in [5.41, 5.74) is 0. The van der Waals surface area contributed by atoms with Crippen molar-refractivity contribution in [3.05, 3.63) is 24.3 Å². The molecule has 14 nitrogen and oxygen atoms in total. The number of hydrogen-bond donors (Lipinski definition) is 7. The molecule has 2 aliphatic rings. The van der Waals surface area contributed by atoms with Crippen LogP contribution in [0.2, 0.25) is 0 Å². The molecule has 0 amide bonds. The quantitative estimate of drug-likeness (QED) is 0.0172. The summed E-state index contributed by atoms with van der Waals surface area (Å²) in [4.78, 5) is 13.1. The van der Waals surface area contributed by atoms with Gasteiger partial charge in [-0.05, 0) is 44.9 Å². The van der Waals surface area contributed by atoms with Gasteiger partial charge < -0.3 is 64.2 Å². The number of carbonyl (C=O) groups excluding carboxylic acids is 1. The summed E-state index contributed by atoms with van der Waals surface area (Å²) < 4.78 is 34.4. The van der Waals surface area contributed by atoms with Crippen LogP contribution in [0.25, 0.3) is 0 Å². The van der Waals surface area contributed by atoms with Gasteiger partial charge >= 0.3 is 5.97 Å². The number of unbranched alkanes of at least 4 members (excludes halogenated alkanes) is 31. The second kappa shape index (κ2) is 46.6. The molecular weight excluding hydrogens is 933 g/mol. The third-order valence-corrected chi connectivity index (χ3v) is 14.5. The van der Waals surface area contributed by atoms with Crippen molar-refractivity contribution in [2.24, 2.45) is 0 Å². The monoisotopic (exact) mass is 1040 g/mol. The Balaban J connectivity index is 1.70. The zero-order chi connectivity index (χ0) is 53.0. The Morgan fingerprint density at radius 2 is 0.849 bits per heavy atom. The second-order valence-electron chi connectivity index (χ2n) is 21.2. The van der Waals surface area contributed by atoms with E-state index in [-0.39, 0.29) is 25.6 Å². The van der Waals surface area contributed by atoms with E-state index in [1.165, 1.54) is 173 Å². The van der Waals surface area contributed by atoms with Gasteiger partial charge in [0.05, 0.1) is 26.4 Å². The lowest BCUT2D eigenvalue weighted by Gasteiger charge is -2.42. The first-order valence-electron chi connectivity index (χ1n) is 29.9. The van der Waals surface area contributed by atoms with E-state index in [0.29, 0.717) is 13.0 Å². The number of aliphatic hydroxyl groups is 7. The summed E-state index contributed by atoms with van der Waals surface area (Å²) in [5.74, 6) is -0.372. The van der Waals surface area contributed by atoms with Gasteiger partial charge in [0.15, 0.2) is 12.6 Å². The van der Waals surface area contributed by atoms with E-state index < -0.39 is 80.7 Å². The van der Waals surface area contributed by atoms with Crippen LogP contribution in [-0.4, -0.2) is 142 Å². The van der Waals surface area contributed by atoms with Gasteiger partial charge in [-0.3, -0.25) is 4.79 Å². The standard InChI is InChI=1S/C59H110O14/c1-3-5-7-9-11-13-15-17-19-21-22-23-24-25-27-29-31-33-35-37-39-41-43-68-45-48(71-51(61)42-40-38-36-34-32-30-28-26-20-18-16-14-12-10-8-6-4-2)46-69-58-57(67)55(65)53(63)50(73-58)47-70-59-56(66)54(64)52(62)49(44-60)72-59/h15,17,21-22,48-50,52-60,62-67H,3-14,16,18-20,23-47H2,1-2H3/b17-15-,22-21-. The Morgan fingerprint density at radius 1 is 0.452 bits per heavy atom. The lowest BCUT2D eigenvalue weighted by molar-refractivity contribution is -0.332. The predicted molar refractivity (Wildman–Crippen MR) is 289 cm³/mol. The highest BCUT2D eigenvalue weighted by molar-refractivity contribution is 5.69. The summed E-state index contributed by atoms with van der Waals surface area (Å²) in [5, 5.41) is 72.4. The molecule has 2 rings (SSSR count). The Hall–Kier alpha value is -1.53. The van der Waals surface area contributed by atoms with Gasteiger partial charge in [0.1, 0.15) is 54.9 Å². The van der Waals surface area contributed by atoms with Crippen LogP contribution < -0.4 is 0 Å². The summed E-state index contributed by atoms with van der Waals surface area (Å²) in [6.07, 6.45) is 36.6. The first-order valence-corrected chi connectivity index (χ1v) is 29.9. The molecule has 0 spiro atoms. The lowest BCUT2D eigenvalue weighted by atomic mass is 9.98. The minimum absolute atomic E-state index is 0.0640. The molecular formula is C59H110O14. The molecule has 2 fully saturated rings. The van der Waals surface area contributed by atoms with E-state index in [1.54, 1.807) is 0 Å². The molecule has 430 valence electrons. The van der Waals surface area contributed by atoms with E-state index in [9.17, 15) is 40.5 Å². The van der Waals surface area contributed by atoms with Crippen LogP contribution in [0.15, 0.2) is 24.3 Å². The molecule has 0 aromatic heterocycles. The van der Waals surface area contributed by atoms with Crippen LogP contribution in [0.3, 0.4) is 0 Å². The van der Waals surface area contributed by atoms with Crippen LogP contribution >= 0.6 is 0 Å². The molecule has 0 radical (unpaired) electrons. The largest absolute Gasteiger partial charge is 0.457 e. The van der Waals surface area contributed by atoms with Crippen molar-refractivity contribution in [2.45, 2.75) is 313 Å². The van der Waals surface area contributed by atoms with Crippen molar-refractivity contribution in [3.63, 3.8) is 0 Å². The molecule has 73 heavy (non-hydrogen) atoms. The number of carbonyl (C=O) groups is 1. The maximum atomic E-state index is 13.1. The molecule has 7 N–H and O–H groups in total. The SMILES string of the molecule is CCCCCCC/C=C\C/C=C\CCCCCCCCCCCCOCC(COC1OC(COC2OC(CO)C(O)C(O)C2O)C(O)C(O)C1O)OC(=O)CCCCCCCCCCCCCCCCCCC. The van der Waals surface area contributed by atoms with Gasteiger partial charge in [-0.15, -0.1) is 0 Å². The molecule has 0 bridgehead atoms. The average molecular weight is 1040 g/mol. The molecule has 2 heterocycles. The van der Waals surface area contributed by atoms with Crippen molar-refractivity contribution in [1.82, 2.24) is 0 Å². The maximum Gasteiger partial charge on any atom is 0.306 e. The summed E-state index contributed by atoms with van der Waals surface area (Å²) in [6.45, 7) is 3.72. The fourth-order valence-electron chi connectivity index (χ4n) is 9.61. The number of ether oxygens (including phenoxy) is 6. The van der Waals surface area contributed by atoms with E-state index in [4.69, 9.17) is 28.4 Å². The molecule has 0 aromatic carbocycles. The number of hydrogen-bond acceptors (Lipinski definition) is 14. The van der Waals surface area contributed by atoms with E-state index in [1.807, 2.05) is 0 Å². The lowest BCUT2D eigenvalue weighted by Crippen LogP contribution is -2.61. The molecule has 11 unspecified atom stereocenters. The van der Waals surface area contributed by atoms with Crippen molar-refractivity contribution in [3.8, 4) is 0 Å². The number of rotatable bonds is 49. The Bertz CT molecular complexity index is 1300. The summed E-state index contributed by atoms with van der Waals surface area (Å²) >= 11 is 0. The fraction of sp³-hybridized carbons (Fsp3) is 0.915. The Labute approximate surface area is 443 Å². The fourth-order valence-corrected chi connectivity index (χ4v) is 9.61. The third-order valence-electron chi connectivity index (χ3n) is 14.5. The molecule has 2 saturated heterocycles. The van der Waals surface area contributed by atoms with Crippen LogP contribution in [0, 0.1) is 0 Å². The summed E-state index contributed by atoms with van der Waals surface area (Å²) in [7, 11) is 0. The van der Waals surface area contributed by atoms with Gasteiger partial charge in [-0.25, -0.2) is 0 Å². The van der Waals surface area contributed by atoms with Crippen LogP contribution in [0.5, 0.6) is 0 Å². The maximum absolute atomic E-state index is 13.1. The number of aliphatic hydroxyl groups excluding tert-OH is 7. The zero-order valence-electron chi connectivity index (χ0n) is 46.1. The molecule has 14 heteroatoms. The van der Waals surface area contributed by atoms with E-state index in [0.717, 1.165) is 44.9 Å². The minimum Gasteiger partial charge on any atom is -0.457 e. The highest BCUT2D eigenvalue weighted by Gasteiger charge is 2.47. The van der Waals surface area contributed by atoms with Gasteiger partial charge in [0.2, 0.25) is 0 Å². The van der Waals surface area contributed by atoms with Gasteiger partial charge in [0, 0.05) is 13.0 Å². The first kappa shape index (κ1) is 67.6. The number of esters is 1. The second-order valence-corrected chi connectivity index (χ2v) is 21.2. The van der Waals surface area contributed by atoms with Crippen molar-refractivity contribution in [2.75, 3.05) is 33.0 Å². The molecule has 0 aliphatic carbocycles. The van der Waals surface area contributed by atoms with Crippen molar-refractivity contribution < 1.29 is 69.0 Å². The molecule has 11 atom stereocenters. The first-order chi connectivity index (χ1) is 35.6. The molecule has 2 aliphatic heterocycles. The van der Waals surface area contributed by atoms with Crippen LogP contribution in [-0.2, 0) is 33.2 Å². The normalized spacial score (nSPS) is 25.1. The minimum atomic E-state index is -1.70.